The molecule has 4 aromatic rings. The smallest absolute Gasteiger partial charge is 0.336 e. The van der Waals surface area contributed by atoms with Gasteiger partial charge in [0.05, 0.1) is 0 Å². The van der Waals surface area contributed by atoms with E-state index >= 15 is 0 Å². The molecule has 8 nitrogen and oxygen atoms in total. The fourth-order valence-electron chi connectivity index (χ4n) is 8.43. The van der Waals surface area contributed by atoms with Gasteiger partial charge in [0, 0.05) is 47.8 Å². The van der Waals surface area contributed by atoms with Crippen LogP contribution >= 0.6 is 0 Å². The summed E-state index contributed by atoms with van der Waals surface area (Å²) in [7, 11) is 0. The number of carbonyl (C=O) groups excluding carboxylic acids is 2. The molecule has 2 heterocycles. The first-order valence-corrected chi connectivity index (χ1v) is 21.9. The quantitative estimate of drug-likeness (QED) is 0.0541. The predicted octanol–water partition coefficient (Wildman–Crippen LogP) is 10.9. The van der Waals surface area contributed by atoms with Crippen LogP contribution in [-0.2, 0) is 22.4 Å². The fraction of sp³-hybridized carbons (Fsp3) is 0.583. The summed E-state index contributed by atoms with van der Waals surface area (Å²) >= 11 is 0. The maximum Gasteiger partial charge on any atom is 0.336 e. The van der Waals surface area contributed by atoms with Gasteiger partial charge in [-0.1, -0.05) is 114 Å². The minimum atomic E-state index is -0.288. The van der Waals surface area contributed by atoms with Crippen LogP contribution in [0.3, 0.4) is 0 Å². The molecule has 1 aliphatic carbocycles. The predicted molar refractivity (Wildman–Crippen MR) is 227 cm³/mol. The molecule has 1 saturated carbocycles. The van der Waals surface area contributed by atoms with E-state index < -0.39 is 0 Å². The molecule has 56 heavy (non-hydrogen) atoms. The van der Waals surface area contributed by atoms with Crippen molar-refractivity contribution in [1.82, 2.24) is 10.6 Å². The van der Waals surface area contributed by atoms with Crippen LogP contribution in [0.15, 0.2) is 67.0 Å². The first kappa shape index (κ1) is 42.9. The van der Waals surface area contributed by atoms with Crippen molar-refractivity contribution >= 4 is 33.8 Å². The highest BCUT2D eigenvalue weighted by molar-refractivity contribution is 5.81. The normalized spacial score (nSPS) is 15.7. The van der Waals surface area contributed by atoms with Gasteiger partial charge in [-0.2, -0.15) is 0 Å². The van der Waals surface area contributed by atoms with E-state index in [4.69, 9.17) is 8.83 Å². The van der Waals surface area contributed by atoms with Crippen LogP contribution in [0.4, 0.5) is 0 Å². The molecule has 1 fully saturated rings. The lowest BCUT2D eigenvalue weighted by Gasteiger charge is -2.33. The summed E-state index contributed by atoms with van der Waals surface area (Å²) in [6.45, 7) is 3.89. The number of hydrogen-bond acceptors (Lipinski definition) is 6. The van der Waals surface area contributed by atoms with Crippen molar-refractivity contribution in [1.29, 1.82) is 0 Å². The minimum Gasteiger partial charge on any atom is -0.423 e. The van der Waals surface area contributed by atoms with Gasteiger partial charge in [0.25, 0.3) is 0 Å². The molecule has 0 bridgehead atoms. The molecule has 0 saturated heterocycles. The molecule has 8 heteroatoms. The lowest BCUT2D eigenvalue weighted by molar-refractivity contribution is -0.125. The van der Waals surface area contributed by atoms with Crippen LogP contribution in [0.2, 0.25) is 0 Å². The van der Waals surface area contributed by atoms with Crippen LogP contribution in [0.25, 0.3) is 21.9 Å². The van der Waals surface area contributed by atoms with E-state index in [1.165, 1.54) is 62.5 Å². The van der Waals surface area contributed by atoms with E-state index in [0.29, 0.717) is 24.0 Å². The molecule has 2 aromatic carbocycles. The summed E-state index contributed by atoms with van der Waals surface area (Å²) in [5.41, 5.74) is 5.14. The van der Waals surface area contributed by atoms with E-state index in [-0.39, 0.29) is 35.1 Å². The third kappa shape index (κ3) is 14.4. The Morgan fingerprint density at radius 3 is 1.27 bits per heavy atom. The number of fused-ring (bicyclic) bond motifs is 2. The molecule has 2 N–H and O–H groups in total. The van der Waals surface area contributed by atoms with Crippen molar-refractivity contribution in [3.63, 3.8) is 0 Å². The van der Waals surface area contributed by atoms with E-state index in [1.54, 1.807) is 12.1 Å². The largest absolute Gasteiger partial charge is 0.423 e. The molecule has 5 rings (SSSR count). The maximum absolute atomic E-state index is 12.8. The summed E-state index contributed by atoms with van der Waals surface area (Å²) in [6.07, 6.45) is 25.4. The van der Waals surface area contributed by atoms with Gasteiger partial charge >= 0.3 is 11.3 Å². The Hall–Kier alpha value is -4.20. The summed E-state index contributed by atoms with van der Waals surface area (Å²) < 4.78 is 10.8. The fourth-order valence-corrected chi connectivity index (χ4v) is 8.43. The van der Waals surface area contributed by atoms with Gasteiger partial charge in [-0.25, -0.2) is 9.59 Å². The van der Waals surface area contributed by atoms with E-state index in [2.05, 4.69) is 34.9 Å². The van der Waals surface area contributed by atoms with E-state index in [9.17, 15) is 19.2 Å². The molecule has 2 amide bonds. The summed E-state index contributed by atoms with van der Waals surface area (Å²) in [5, 5.41) is 8.53. The van der Waals surface area contributed by atoms with Gasteiger partial charge in [0.15, 0.2) is 0 Å². The molecule has 0 radical (unpaired) electrons. The number of carbonyl (C=O) groups is 2. The second kappa shape index (κ2) is 23.1. The maximum atomic E-state index is 12.8. The lowest BCUT2D eigenvalue weighted by atomic mass is 9.90. The van der Waals surface area contributed by atoms with Crippen molar-refractivity contribution in [2.45, 2.75) is 180 Å². The van der Waals surface area contributed by atoms with Crippen LogP contribution in [-0.4, -0.2) is 23.9 Å². The zero-order valence-electron chi connectivity index (χ0n) is 34.2. The van der Waals surface area contributed by atoms with Gasteiger partial charge in [-0.05, 0) is 99.6 Å². The highest BCUT2D eigenvalue weighted by Gasteiger charge is 2.27. The van der Waals surface area contributed by atoms with Crippen molar-refractivity contribution in [2.75, 3.05) is 0 Å². The SMILES string of the molecule is Cc1cc(=O)oc2cc(CCCCCCCCCCC(=O)NC3CCCCC3NC(=O)CCCCCCCCCCc3ccc4c(C)cc(=O)oc4c3)ccc12. The summed E-state index contributed by atoms with van der Waals surface area (Å²) in [6, 6.07) is 15.6. The number of amides is 2. The Balaban J connectivity index is 0.831. The van der Waals surface area contributed by atoms with E-state index in [1.807, 2.05) is 26.0 Å². The Bertz CT molecular complexity index is 1820. The highest BCUT2D eigenvalue weighted by atomic mass is 16.4. The highest BCUT2D eigenvalue weighted by Crippen LogP contribution is 2.23. The van der Waals surface area contributed by atoms with E-state index in [0.717, 1.165) is 112 Å². The average Bonchev–Trinajstić information content (AvgIpc) is 3.16. The molecule has 2 atom stereocenters. The van der Waals surface area contributed by atoms with Gasteiger partial charge in [0.1, 0.15) is 11.2 Å². The van der Waals surface area contributed by atoms with Crippen molar-refractivity contribution in [3.8, 4) is 0 Å². The number of aryl methyl sites for hydroxylation is 4. The Morgan fingerprint density at radius 1 is 0.518 bits per heavy atom. The van der Waals surface area contributed by atoms with Crippen molar-refractivity contribution in [3.05, 3.63) is 91.6 Å². The number of rotatable bonds is 24. The Kier molecular flexibility index (Phi) is 17.7. The van der Waals surface area contributed by atoms with Gasteiger partial charge < -0.3 is 19.5 Å². The molecule has 304 valence electrons. The monoisotopic (exact) mass is 766 g/mol. The molecular formula is C48H66N2O6. The zero-order valence-corrected chi connectivity index (χ0v) is 34.2. The Labute approximate surface area is 333 Å². The lowest BCUT2D eigenvalue weighted by Crippen LogP contribution is -2.53. The zero-order chi connectivity index (χ0) is 39.5. The third-order valence-electron chi connectivity index (χ3n) is 11.7. The number of nitrogens with one attached hydrogen (secondary N) is 2. The average molecular weight is 767 g/mol. The molecule has 1 aliphatic rings. The van der Waals surface area contributed by atoms with Crippen LogP contribution in [0, 0.1) is 13.8 Å². The van der Waals surface area contributed by atoms with Crippen LogP contribution in [0.5, 0.6) is 0 Å². The second-order valence-electron chi connectivity index (χ2n) is 16.4. The van der Waals surface area contributed by atoms with Gasteiger partial charge in [-0.15, -0.1) is 0 Å². The minimum absolute atomic E-state index is 0.0450. The first-order valence-electron chi connectivity index (χ1n) is 21.9. The standard InChI is InChI=1S/C48H66N2O6/c1-35-31-47(53)55-43-33-37(27-29-39(35)43)21-15-11-7-3-5-9-13-17-25-45(51)49-41-23-19-20-24-42(41)50-46(52)26-18-14-10-6-4-8-12-16-22-38-28-30-40-36(2)32-48(54)56-44(40)34-38/h27-34,41-42H,3-26H2,1-2H3,(H,49,51)(H,50,52). The molecule has 0 aliphatic heterocycles. The van der Waals surface area contributed by atoms with Crippen LogP contribution in [0.1, 0.15) is 164 Å². The van der Waals surface area contributed by atoms with Gasteiger partial charge in [-0.3, -0.25) is 9.59 Å². The molecule has 0 spiro atoms. The number of benzene rings is 2. The topological polar surface area (TPSA) is 119 Å². The first-order chi connectivity index (χ1) is 27.2. The second-order valence-corrected chi connectivity index (χ2v) is 16.4. The van der Waals surface area contributed by atoms with Crippen molar-refractivity contribution < 1.29 is 18.4 Å². The molecule has 2 aromatic heterocycles. The van der Waals surface area contributed by atoms with Crippen molar-refractivity contribution in [2.24, 2.45) is 0 Å². The van der Waals surface area contributed by atoms with Gasteiger partial charge in [0.2, 0.25) is 11.8 Å². The number of hydrogen-bond donors (Lipinski definition) is 2. The molecule has 2 unspecified atom stereocenters. The number of unbranched alkanes of at least 4 members (excludes halogenated alkanes) is 14. The molecular weight excluding hydrogens is 701 g/mol. The third-order valence-corrected chi connectivity index (χ3v) is 11.7. The summed E-state index contributed by atoms with van der Waals surface area (Å²) in [5.74, 6) is 0.246. The summed E-state index contributed by atoms with van der Waals surface area (Å²) in [4.78, 5) is 49.0. The Morgan fingerprint density at radius 2 is 0.875 bits per heavy atom. The van der Waals surface area contributed by atoms with Crippen LogP contribution < -0.4 is 21.9 Å².